The Morgan fingerprint density at radius 3 is 2.62 bits per heavy atom. The van der Waals surface area contributed by atoms with Crippen LogP contribution in [-0.2, 0) is 6.42 Å². The summed E-state index contributed by atoms with van der Waals surface area (Å²) in [6.07, 6.45) is 2.14. The van der Waals surface area contributed by atoms with Crippen molar-refractivity contribution in [2.75, 3.05) is 18.9 Å². The predicted molar refractivity (Wildman–Crippen MR) is 103 cm³/mol. The van der Waals surface area contributed by atoms with Crippen LogP contribution in [0, 0.1) is 18.6 Å². The molecule has 0 aliphatic carbocycles. The molecule has 0 spiro atoms. The molecule has 0 unspecified atom stereocenters. The first kappa shape index (κ1) is 18.8. The normalized spacial score (nSPS) is 13.4. The molecule has 1 aliphatic rings. The first-order valence-corrected chi connectivity index (χ1v) is 9.05. The fourth-order valence-corrected chi connectivity index (χ4v) is 3.36. The molecule has 0 bridgehead atoms. The number of aromatic nitrogens is 2. The van der Waals surface area contributed by atoms with E-state index in [1.54, 1.807) is 31.0 Å². The topological polar surface area (TPSA) is 67.2 Å². The van der Waals surface area contributed by atoms with Gasteiger partial charge in [0.2, 0.25) is 0 Å². The number of halogens is 2. The second-order valence-electron chi connectivity index (χ2n) is 6.98. The number of likely N-dealkylation sites (N-methyl/N-ethyl adjacent to an activating group) is 1. The van der Waals surface area contributed by atoms with Gasteiger partial charge < -0.3 is 10.2 Å². The number of anilines is 1. The lowest BCUT2D eigenvalue weighted by Crippen LogP contribution is -2.34. The van der Waals surface area contributed by atoms with Crippen LogP contribution >= 0.6 is 0 Å². The smallest absolute Gasteiger partial charge is 0.276 e. The molecule has 4 rings (SSSR count). The molecule has 6 nitrogen and oxygen atoms in total. The van der Waals surface area contributed by atoms with E-state index < -0.39 is 17.5 Å². The highest BCUT2D eigenvalue weighted by atomic mass is 19.1. The summed E-state index contributed by atoms with van der Waals surface area (Å²) in [4.78, 5) is 26.7. The Labute approximate surface area is 165 Å². The van der Waals surface area contributed by atoms with Crippen molar-refractivity contribution in [2.45, 2.75) is 13.3 Å². The van der Waals surface area contributed by atoms with Gasteiger partial charge in [0.15, 0.2) is 17.3 Å². The molecule has 0 atom stereocenters. The predicted octanol–water partition coefficient (Wildman–Crippen LogP) is 3.34. The van der Waals surface area contributed by atoms with E-state index in [-0.39, 0.29) is 17.3 Å². The van der Waals surface area contributed by atoms with Crippen molar-refractivity contribution in [2.24, 2.45) is 0 Å². The summed E-state index contributed by atoms with van der Waals surface area (Å²) < 4.78 is 29.0. The Balaban J connectivity index is 1.62. The highest BCUT2D eigenvalue weighted by molar-refractivity contribution is 6.05. The largest absolute Gasteiger partial charge is 0.341 e. The molecular weight excluding hydrogens is 378 g/mol. The number of nitrogens with one attached hydrogen (secondary N) is 1. The Hall–Kier alpha value is -3.55. The number of carbonyl (C=O) groups is 2. The SMILES string of the molecule is Cc1cn(-c2c(F)cccc2F)nc1C(=O)Nc1ccc2c(c1)C(=O)N(C)CC2. The van der Waals surface area contributed by atoms with E-state index >= 15 is 0 Å². The molecular formula is C21H18F2N4O2. The molecule has 1 aliphatic heterocycles. The van der Waals surface area contributed by atoms with Crippen LogP contribution in [0.4, 0.5) is 14.5 Å². The summed E-state index contributed by atoms with van der Waals surface area (Å²) in [6.45, 7) is 2.28. The highest BCUT2D eigenvalue weighted by Gasteiger charge is 2.23. The summed E-state index contributed by atoms with van der Waals surface area (Å²) in [5.74, 6) is -2.19. The fourth-order valence-electron chi connectivity index (χ4n) is 3.36. The number of amides is 2. The minimum atomic E-state index is -0.781. The van der Waals surface area contributed by atoms with E-state index in [0.717, 1.165) is 28.8 Å². The molecule has 2 aromatic carbocycles. The summed E-state index contributed by atoms with van der Waals surface area (Å²) in [6, 6.07) is 8.67. The van der Waals surface area contributed by atoms with Gasteiger partial charge in [-0.15, -0.1) is 0 Å². The number of carbonyl (C=O) groups excluding carboxylic acids is 2. The lowest BCUT2D eigenvalue weighted by Gasteiger charge is -2.25. The first-order chi connectivity index (χ1) is 13.8. The highest BCUT2D eigenvalue weighted by Crippen LogP contribution is 2.23. The van der Waals surface area contributed by atoms with E-state index in [0.29, 0.717) is 23.4 Å². The zero-order valence-corrected chi connectivity index (χ0v) is 15.9. The lowest BCUT2D eigenvalue weighted by atomic mass is 9.98. The van der Waals surface area contributed by atoms with Crippen LogP contribution in [0.25, 0.3) is 5.69 Å². The number of para-hydroxylation sites is 1. The van der Waals surface area contributed by atoms with Crippen molar-refractivity contribution in [3.05, 3.63) is 76.6 Å². The maximum Gasteiger partial charge on any atom is 0.276 e. The quantitative estimate of drug-likeness (QED) is 0.738. The summed E-state index contributed by atoms with van der Waals surface area (Å²) in [5.41, 5.74) is 2.07. The van der Waals surface area contributed by atoms with Gasteiger partial charge in [-0.3, -0.25) is 9.59 Å². The fraction of sp³-hybridized carbons (Fsp3) is 0.190. The van der Waals surface area contributed by atoms with E-state index in [9.17, 15) is 18.4 Å². The molecule has 148 valence electrons. The molecule has 0 saturated carbocycles. The molecule has 0 saturated heterocycles. The summed E-state index contributed by atoms with van der Waals surface area (Å²) >= 11 is 0. The molecule has 0 fully saturated rings. The molecule has 2 heterocycles. The Bertz CT molecular complexity index is 1120. The number of hydrogen-bond acceptors (Lipinski definition) is 3. The van der Waals surface area contributed by atoms with Crippen LogP contribution < -0.4 is 5.32 Å². The third kappa shape index (κ3) is 3.37. The maximum atomic E-state index is 14.0. The van der Waals surface area contributed by atoms with Gasteiger partial charge in [-0.25, -0.2) is 13.5 Å². The van der Waals surface area contributed by atoms with Crippen LogP contribution in [0.2, 0.25) is 0 Å². The third-order valence-corrected chi connectivity index (χ3v) is 4.94. The van der Waals surface area contributed by atoms with Gasteiger partial charge >= 0.3 is 0 Å². The monoisotopic (exact) mass is 396 g/mol. The van der Waals surface area contributed by atoms with Crippen molar-refractivity contribution in [1.82, 2.24) is 14.7 Å². The first-order valence-electron chi connectivity index (χ1n) is 9.05. The van der Waals surface area contributed by atoms with Crippen LogP contribution in [0.15, 0.2) is 42.6 Å². The van der Waals surface area contributed by atoms with Crippen molar-refractivity contribution in [3.63, 3.8) is 0 Å². The number of aryl methyl sites for hydroxylation is 1. The van der Waals surface area contributed by atoms with Crippen LogP contribution in [0.3, 0.4) is 0 Å². The standard InChI is InChI=1S/C21H18F2N4O2/c1-12-11-27(19-16(22)4-3-5-17(19)23)25-18(12)20(28)24-14-7-6-13-8-9-26(2)21(29)15(13)10-14/h3-7,10-11H,8-9H2,1-2H3,(H,24,28). The number of rotatable bonds is 3. The summed E-state index contributed by atoms with van der Waals surface area (Å²) in [5, 5.41) is 6.77. The van der Waals surface area contributed by atoms with Crippen LogP contribution in [-0.4, -0.2) is 40.1 Å². The van der Waals surface area contributed by atoms with E-state index in [1.165, 1.54) is 12.3 Å². The minimum Gasteiger partial charge on any atom is -0.341 e. The number of fused-ring (bicyclic) bond motifs is 1. The molecule has 0 radical (unpaired) electrons. The zero-order valence-electron chi connectivity index (χ0n) is 15.9. The molecule has 8 heteroatoms. The summed E-state index contributed by atoms with van der Waals surface area (Å²) in [7, 11) is 1.73. The second kappa shape index (κ2) is 7.12. The molecule has 2 amide bonds. The maximum absolute atomic E-state index is 14.0. The average molecular weight is 396 g/mol. The van der Waals surface area contributed by atoms with E-state index in [1.807, 2.05) is 6.07 Å². The Kier molecular flexibility index (Phi) is 4.62. The lowest BCUT2D eigenvalue weighted by molar-refractivity contribution is 0.0780. The molecule has 3 aromatic rings. The Morgan fingerprint density at radius 1 is 1.17 bits per heavy atom. The van der Waals surface area contributed by atoms with Gasteiger partial charge in [0.05, 0.1) is 0 Å². The molecule has 1 aromatic heterocycles. The van der Waals surface area contributed by atoms with Gasteiger partial charge in [0.25, 0.3) is 11.8 Å². The minimum absolute atomic E-state index is 0.0359. The van der Waals surface area contributed by atoms with Crippen LogP contribution in [0.1, 0.15) is 32.0 Å². The number of benzene rings is 2. The van der Waals surface area contributed by atoms with Gasteiger partial charge in [0, 0.05) is 36.6 Å². The Morgan fingerprint density at radius 2 is 1.90 bits per heavy atom. The zero-order chi connectivity index (χ0) is 20.7. The second-order valence-corrected chi connectivity index (χ2v) is 6.98. The van der Waals surface area contributed by atoms with Crippen molar-refractivity contribution < 1.29 is 18.4 Å². The molecule has 1 N–H and O–H groups in total. The number of hydrogen-bond donors (Lipinski definition) is 1. The average Bonchev–Trinajstić information content (AvgIpc) is 3.06. The molecule has 29 heavy (non-hydrogen) atoms. The van der Waals surface area contributed by atoms with Gasteiger partial charge in [-0.1, -0.05) is 12.1 Å². The van der Waals surface area contributed by atoms with Gasteiger partial charge in [0.1, 0.15) is 5.69 Å². The van der Waals surface area contributed by atoms with Gasteiger partial charge in [-0.05, 0) is 43.2 Å². The van der Waals surface area contributed by atoms with Gasteiger partial charge in [-0.2, -0.15) is 5.10 Å². The van der Waals surface area contributed by atoms with Crippen molar-refractivity contribution in [1.29, 1.82) is 0 Å². The third-order valence-electron chi connectivity index (χ3n) is 4.94. The van der Waals surface area contributed by atoms with Crippen molar-refractivity contribution >= 4 is 17.5 Å². The van der Waals surface area contributed by atoms with Crippen molar-refractivity contribution in [3.8, 4) is 5.69 Å². The number of nitrogens with zero attached hydrogens (tertiary/aromatic N) is 3. The van der Waals surface area contributed by atoms with E-state index in [2.05, 4.69) is 10.4 Å². The van der Waals surface area contributed by atoms with E-state index in [4.69, 9.17) is 0 Å². The van der Waals surface area contributed by atoms with Crippen LogP contribution in [0.5, 0.6) is 0 Å².